The van der Waals surface area contributed by atoms with E-state index in [9.17, 15) is 19.2 Å². The summed E-state index contributed by atoms with van der Waals surface area (Å²) in [5.74, 6) is 4.10. The first-order valence-corrected chi connectivity index (χ1v) is 46.2. The Balaban J connectivity index is 0.000000122. The molecule has 4 fully saturated rings. The molecule has 0 radical (unpaired) electrons. The van der Waals surface area contributed by atoms with Crippen LogP contribution in [-0.4, -0.2) is 176 Å². The summed E-state index contributed by atoms with van der Waals surface area (Å²) in [6.07, 6.45) is 34.9. The van der Waals surface area contributed by atoms with Crippen molar-refractivity contribution in [2.75, 3.05) is 59.5 Å². The smallest absolute Gasteiger partial charge is 0.307 e. The largest absolute Gasteiger partial charge is 0.497 e. The van der Waals surface area contributed by atoms with Crippen molar-refractivity contribution in [3.05, 3.63) is 309 Å². The second-order valence-electron chi connectivity index (χ2n) is 35.2. The number of pyridine rings is 1. The molecule has 4 aliphatic rings. The lowest BCUT2D eigenvalue weighted by Gasteiger charge is -2.32. The number of carbonyl (C=O) groups is 4. The summed E-state index contributed by atoms with van der Waals surface area (Å²) in [5.41, 5.74) is 21.8. The molecule has 1 unspecified atom stereocenters. The van der Waals surface area contributed by atoms with Crippen LogP contribution in [0.5, 0.6) is 5.75 Å². The van der Waals surface area contributed by atoms with Crippen molar-refractivity contribution >= 4 is 67.8 Å². The molecule has 4 aliphatic heterocycles. The minimum Gasteiger partial charge on any atom is -0.497 e. The van der Waals surface area contributed by atoms with Crippen LogP contribution in [0.1, 0.15) is 99.3 Å². The summed E-state index contributed by atoms with van der Waals surface area (Å²) < 4.78 is 17.8. The number of nitrogens with zero attached hydrogens (tertiary/aromatic N) is 19. The van der Waals surface area contributed by atoms with Crippen molar-refractivity contribution in [2.45, 2.75) is 136 Å². The Morgan fingerprint density at radius 1 is 0.397 bits per heavy atom. The van der Waals surface area contributed by atoms with Crippen LogP contribution in [0.2, 0.25) is 0 Å². The fourth-order valence-electron chi connectivity index (χ4n) is 18.7. The lowest BCUT2D eigenvalue weighted by atomic mass is 9.96. The van der Waals surface area contributed by atoms with Crippen molar-refractivity contribution in [1.29, 1.82) is 0 Å². The zero-order chi connectivity index (χ0) is 89.6. The Hall–Kier alpha value is -14.4. The average Bonchev–Trinajstić information content (AvgIpc) is 1.32. The summed E-state index contributed by atoms with van der Waals surface area (Å²) >= 11 is 0. The molecule has 4 saturated heterocycles. The van der Waals surface area contributed by atoms with E-state index in [-0.39, 0.29) is 30.3 Å². The molecule has 4 amide bonds. The number of aromatic nitrogens is 15. The van der Waals surface area contributed by atoms with Crippen LogP contribution >= 0.6 is 0 Å². The lowest BCUT2D eigenvalue weighted by Crippen LogP contribution is -2.39. The zero-order valence-corrected chi connectivity index (χ0v) is 74.8. The van der Waals surface area contributed by atoms with Crippen molar-refractivity contribution in [3.63, 3.8) is 0 Å². The Bertz CT molecular complexity index is 6480. The number of nitrogens with one attached hydrogen (secondary N) is 1. The predicted octanol–water partition coefficient (Wildman–Crippen LogP) is 18.2. The van der Waals surface area contributed by atoms with Crippen molar-refractivity contribution in [2.24, 2.45) is 30.7 Å². The van der Waals surface area contributed by atoms with E-state index in [1.54, 1.807) is 18.0 Å². The van der Waals surface area contributed by atoms with Gasteiger partial charge < -0.3 is 42.6 Å². The molecular formula is C106H114N20O5. The van der Waals surface area contributed by atoms with Gasteiger partial charge in [0.25, 0.3) is 0 Å². The minimum atomic E-state index is 0.230. The summed E-state index contributed by atoms with van der Waals surface area (Å²) in [6.45, 7) is 17.7. The predicted molar refractivity (Wildman–Crippen MR) is 513 cm³/mol. The molecule has 20 rings (SSSR count). The number of aromatic amines is 1. The molecule has 16 aromatic rings. The Morgan fingerprint density at radius 2 is 0.809 bits per heavy atom. The van der Waals surface area contributed by atoms with Crippen LogP contribution in [0.15, 0.2) is 275 Å². The molecule has 1 N–H and O–H groups in total. The molecule has 25 heteroatoms. The number of rotatable bonds is 25. The van der Waals surface area contributed by atoms with Gasteiger partial charge in [0.1, 0.15) is 5.75 Å². The van der Waals surface area contributed by atoms with E-state index in [2.05, 4.69) is 176 Å². The fraction of sp³-hybridized carbons (Fsp3) is 0.330. The molecule has 0 aliphatic carbocycles. The molecule has 8 aromatic carbocycles. The third-order valence-corrected chi connectivity index (χ3v) is 26.3. The van der Waals surface area contributed by atoms with Gasteiger partial charge in [0, 0.05) is 152 Å². The minimum absolute atomic E-state index is 0.230. The van der Waals surface area contributed by atoms with Crippen molar-refractivity contribution in [1.82, 2.24) is 92.5 Å². The van der Waals surface area contributed by atoms with Crippen LogP contribution in [0, 0.1) is 30.2 Å². The van der Waals surface area contributed by atoms with E-state index in [0.717, 1.165) is 261 Å². The number of ether oxygens (including phenoxy) is 1. The van der Waals surface area contributed by atoms with Crippen LogP contribution in [0.4, 0.5) is 0 Å². The van der Waals surface area contributed by atoms with Gasteiger partial charge in [-0.15, -0.1) is 0 Å². The second-order valence-corrected chi connectivity index (χ2v) is 35.2. The van der Waals surface area contributed by atoms with Gasteiger partial charge >= 0.3 is 6.67 Å². The van der Waals surface area contributed by atoms with E-state index in [1.165, 1.54) is 11.1 Å². The Kier molecular flexibility index (Phi) is 29.2. The number of H-pyrrole nitrogens is 1. The van der Waals surface area contributed by atoms with Crippen LogP contribution < -0.4 is 4.74 Å². The van der Waals surface area contributed by atoms with Crippen molar-refractivity contribution < 1.29 is 23.9 Å². The highest BCUT2D eigenvalue weighted by Gasteiger charge is 2.29. The topological polar surface area (TPSA) is 243 Å². The fourth-order valence-corrected chi connectivity index (χ4v) is 18.7. The third kappa shape index (κ3) is 23.2. The van der Waals surface area contributed by atoms with Crippen LogP contribution in [0.25, 0.3) is 93.6 Å². The van der Waals surface area contributed by atoms with Crippen LogP contribution in [-0.2, 0) is 84.8 Å². The number of amides is 4. The second kappa shape index (κ2) is 43.1. The molecule has 0 bridgehead atoms. The molecule has 131 heavy (non-hydrogen) atoms. The lowest BCUT2D eigenvalue weighted by molar-refractivity contribution is -0.133. The average molecular weight is 1750 g/mol. The van der Waals surface area contributed by atoms with Crippen molar-refractivity contribution in [3.8, 4) is 50.4 Å². The zero-order valence-electron chi connectivity index (χ0n) is 74.8. The number of aryl methyl sites for hydroxylation is 4. The molecule has 668 valence electrons. The number of piperidine rings is 3. The molecule has 25 nitrogen and oxygen atoms in total. The molecule has 0 saturated carbocycles. The highest BCUT2D eigenvalue weighted by molar-refractivity contribution is 5.86. The highest BCUT2D eigenvalue weighted by Crippen LogP contribution is 2.33. The normalized spacial score (nSPS) is 15.1. The number of benzene rings is 8. The quantitative estimate of drug-likeness (QED) is 0.0524. The molecule has 1 atom stereocenters. The number of fused-ring (bicyclic) bond motifs is 4. The maximum absolute atomic E-state index is 12.8. The van der Waals surface area contributed by atoms with Gasteiger partial charge in [0.05, 0.1) is 107 Å². The third-order valence-electron chi connectivity index (χ3n) is 26.3. The van der Waals surface area contributed by atoms with Gasteiger partial charge in [-0.25, -0.2) is 31.2 Å². The molecular weight excluding hydrogens is 1630 g/mol. The van der Waals surface area contributed by atoms with E-state index < -0.39 is 0 Å². The summed E-state index contributed by atoms with van der Waals surface area (Å²) in [6, 6.07) is 69.9. The van der Waals surface area contributed by atoms with Gasteiger partial charge in [-0.1, -0.05) is 133 Å². The summed E-state index contributed by atoms with van der Waals surface area (Å²) in [5, 5.41) is 15.4. The van der Waals surface area contributed by atoms with Gasteiger partial charge in [-0.3, -0.25) is 38.8 Å². The maximum atomic E-state index is 12.8. The molecule has 12 heterocycles. The first-order valence-electron chi connectivity index (χ1n) is 46.2. The van der Waals surface area contributed by atoms with E-state index >= 15 is 0 Å². The standard InChI is InChI=1S/C27H28N6O.C27H31N5O2.C27H28N4O.C25H27N5O/c1-28-19-33-18-24(16-30-33)23-8-9-26-25(15-23)29-20-32(26)17-22-11-13-31(14-12-22)27(34)10-7-21-5-3-2-4-6-21;1-30-18-23(16-29-30)22-7-8-26-25(15-22)28-19-32(26)17-21-10-12-31(13-11-21)27(33)9-6-20-4-3-5-24(14-20)34-2;32-27(12-9-21-6-2-1-3-7-21)30-16-13-22(14-17-30)19-31-20-29-25-18-23(10-11-26(25)31)24-8-4-5-15-28-24;31-25(13-19-5-2-1-3-6-19)29-11-4-7-20(10-12-29)17-30-18-26-23-14-21(8-9-24(23)30)22-15-27-28-16-22/h2-6,8-9,15-16,18,20,22H,7,10-14,17,19H2;3-5,7-8,14-16,18-19,21H,6,9-13,17H2,1-2H3;1-8,10-11,15,18,20,22H,9,12-14,16-17,19H2;1-3,5-6,8-9,14-16,18,20H,4,7,10-13,17H2,(H,27,28). The number of methoxy groups -OCH3 is 1. The van der Waals surface area contributed by atoms with E-state index in [1.807, 2.05) is 192 Å². The van der Waals surface area contributed by atoms with E-state index in [0.29, 0.717) is 49.4 Å². The van der Waals surface area contributed by atoms with E-state index in [4.69, 9.17) is 11.3 Å². The number of imidazole rings is 4. The Labute approximate surface area is 764 Å². The SMILES string of the molecule is COc1cccc(CCC(=O)N2CCC(Cn3cnc4cc(-c5cnn(C)c5)ccc43)CC2)c1.O=C(CCc1ccccc1)N1CCC(Cn2cnc3cc(-c4ccccn4)ccc32)CC1.O=C(Cc1ccccc1)N1CCCC(Cn2cnc3cc(-c4cn[nH]c4)ccc32)CC1.[C-]#[N+]Cn1cc(-c2ccc3c(c2)ncn3CC2CCN(C(=O)CCc3ccccc3)CC2)cn1. The molecule has 8 aromatic heterocycles. The summed E-state index contributed by atoms with van der Waals surface area (Å²) in [4.78, 5) is 85.3. The number of hydrogen-bond acceptors (Lipinski definition) is 13. The first kappa shape index (κ1) is 88.6. The summed E-state index contributed by atoms with van der Waals surface area (Å²) in [7, 11) is 3.59. The van der Waals surface area contributed by atoms with Gasteiger partial charge in [0.2, 0.25) is 23.6 Å². The van der Waals surface area contributed by atoms with Gasteiger partial charge in [-0.05, 0) is 212 Å². The first-order chi connectivity index (χ1) is 64.3. The monoisotopic (exact) mass is 1750 g/mol. The maximum Gasteiger partial charge on any atom is 0.307 e. The van der Waals surface area contributed by atoms with Gasteiger partial charge in [-0.2, -0.15) is 15.3 Å². The Morgan fingerprint density at radius 3 is 1.24 bits per heavy atom. The molecule has 0 spiro atoms. The number of hydrogen-bond donors (Lipinski definition) is 1. The number of carbonyl (C=O) groups excluding carboxylic acids is 4. The highest BCUT2D eigenvalue weighted by atomic mass is 16.5. The van der Waals surface area contributed by atoms with Crippen LogP contribution in [0.3, 0.4) is 0 Å². The van der Waals surface area contributed by atoms with Gasteiger partial charge in [0.15, 0.2) is 0 Å². The number of likely N-dealkylation sites (tertiary alicyclic amines) is 4.